The summed E-state index contributed by atoms with van der Waals surface area (Å²) in [6.45, 7) is 5.33. The van der Waals surface area contributed by atoms with E-state index in [2.05, 4.69) is 5.32 Å². The molecule has 0 saturated carbocycles. The highest BCUT2D eigenvalue weighted by molar-refractivity contribution is 5.80. The van der Waals surface area contributed by atoms with Gasteiger partial charge in [0.15, 0.2) is 0 Å². The number of amides is 2. The van der Waals surface area contributed by atoms with Crippen LogP contribution in [-0.2, 0) is 30.5 Å². The van der Waals surface area contributed by atoms with Crippen molar-refractivity contribution in [3.63, 3.8) is 0 Å². The van der Waals surface area contributed by atoms with E-state index in [1.807, 2.05) is 30.3 Å². The number of esters is 1. The number of carbonyl (C=O) groups is 4. The molecule has 0 aliphatic rings. The van der Waals surface area contributed by atoms with Gasteiger partial charge < -0.3 is 19.9 Å². The number of unbranched alkanes of at least 4 members (excludes halogenated alkanes) is 2. The third-order valence-electron chi connectivity index (χ3n) is 4.21. The standard InChI is InChI=1S/C23H34N2O7/c1-23(2,3)32-22(30)25(16-21(29)31-17-18-10-6-4-7-11-18)15-13-19(26)24-14-9-5-8-12-20(27)28/h4,6-7,10-11H,5,8-9,12-17H2,1-3H3,(H,24,26)(H,27,28). The molecule has 0 fully saturated rings. The molecule has 0 unspecified atom stereocenters. The zero-order valence-corrected chi connectivity index (χ0v) is 19.1. The molecule has 0 aromatic heterocycles. The van der Waals surface area contributed by atoms with Crippen LogP contribution in [0.2, 0.25) is 0 Å². The molecule has 9 nitrogen and oxygen atoms in total. The summed E-state index contributed by atoms with van der Waals surface area (Å²) in [5.41, 5.74) is 0.0778. The molecule has 0 saturated heterocycles. The minimum atomic E-state index is -0.835. The molecule has 1 rings (SSSR count). The maximum Gasteiger partial charge on any atom is 0.410 e. The summed E-state index contributed by atoms with van der Waals surface area (Å²) in [5.74, 6) is -1.70. The summed E-state index contributed by atoms with van der Waals surface area (Å²) in [7, 11) is 0. The van der Waals surface area contributed by atoms with Gasteiger partial charge in [-0.3, -0.25) is 19.3 Å². The minimum Gasteiger partial charge on any atom is -0.481 e. The Morgan fingerprint density at radius 2 is 1.69 bits per heavy atom. The average molecular weight is 451 g/mol. The van der Waals surface area contributed by atoms with Crippen molar-refractivity contribution in [2.45, 2.75) is 65.1 Å². The van der Waals surface area contributed by atoms with Crippen molar-refractivity contribution in [3.8, 4) is 0 Å². The van der Waals surface area contributed by atoms with Gasteiger partial charge in [-0.05, 0) is 39.2 Å². The Bertz CT molecular complexity index is 744. The lowest BCUT2D eigenvalue weighted by Gasteiger charge is -2.26. The Balaban J connectivity index is 2.49. The fourth-order valence-corrected chi connectivity index (χ4v) is 2.63. The highest BCUT2D eigenvalue weighted by Gasteiger charge is 2.25. The Morgan fingerprint density at radius 3 is 2.31 bits per heavy atom. The number of ether oxygens (including phenoxy) is 2. The quantitative estimate of drug-likeness (QED) is 0.350. The normalized spacial score (nSPS) is 10.8. The number of carboxylic acids is 1. The molecule has 2 N–H and O–H groups in total. The van der Waals surface area contributed by atoms with Crippen molar-refractivity contribution in [3.05, 3.63) is 35.9 Å². The molecule has 0 heterocycles. The summed E-state index contributed by atoms with van der Waals surface area (Å²) in [5, 5.41) is 11.3. The lowest BCUT2D eigenvalue weighted by atomic mass is 10.2. The first-order valence-electron chi connectivity index (χ1n) is 10.7. The van der Waals surface area contributed by atoms with E-state index < -0.39 is 23.6 Å². The predicted octanol–water partition coefficient (Wildman–Crippen LogP) is 3.12. The van der Waals surface area contributed by atoms with E-state index >= 15 is 0 Å². The summed E-state index contributed by atoms with van der Waals surface area (Å²) in [6, 6.07) is 9.18. The second-order valence-corrected chi connectivity index (χ2v) is 8.35. The zero-order valence-electron chi connectivity index (χ0n) is 19.1. The number of hydrogen-bond donors (Lipinski definition) is 2. The second-order valence-electron chi connectivity index (χ2n) is 8.35. The van der Waals surface area contributed by atoms with Gasteiger partial charge in [0.1, 0.15) is 18.8 Å². The fraction of sp³-hybridized carbons (Fsp3) is 0.565. The SMILES string of the molecule is CC(C)(C)OC(=O)N(CCC(=O)NCCCCCC(=O)O)CC(=O)OCc1ccccc1. The number of hydrogen-bond acceptors (Lipinski definition) is 6. The van der Waals surface area contributed by atoms with Gasteiger partial charge in [-0.25, -0.2) is 4.79 Å². The van der Waals surface area contributed by atoms with Crippen molar-refractivity contribution in [1.82, 2.24) is 10.2 Å². The molecular weight excluding hydrogens is 416 g/mol. The number of nitrogens with one attached hydrogen (secondary N) is 1. The number of carbonyl (C=O) groups excluding carboxylic acids is 3. The molecule has 9 heteroatoms. The maximum absolute atomic E-state index is 12.5. The van der Waals surface area contributed by atoms with E-state index in [-0.39, 0.29) is 38.4 Å². The molecule has 0 spiro atoms. The summed E-state index contributed by atoms with van der Waals surface area (Å²) in [4.78, 5) is 48.5. The summed E-state index contributed by atoms with van der Waals surface area (Å²) in [6.07, 6.45) is 1.34. The molecule has 0 radical (unpaired) electrons. The van der Waals surface area contributed by atoms with Gasteiger partial charge in [0.25, 0.3) is 0 Å². The topological polar surface area (TPSA) is 122 Å². The van der Waals surface area contributed by atoms with Crippen LogP contribution in [0.1, 0.15) is 58.4 Å². The van der Waals surface area contributed by atoms with Crippen molar-refractivity contribution in [2.24, 2.45) is 0 Å². The molecule has 0 aliphatic heterocycles. The van der Waals surface area contributed by atoms with Crippen LogP contribution >= 0.6 is 0 Å². The van der Waals surface area contributed by atoms with Crippen molar-refractivity contribution in [1.29, 1.82) is 0 Å². The molecule has 178 valence electrons. The van der Waals surface area contributed by atoms with Crippen LogP contribution < -0.4 is 5.32 Å². The van der Waals surface area contributed by atoms with Crippen molar-refractivity contribution in [2.75, 3.05) is 19.6 Å². The lowest BCUT2D eigenvalue weighted by Crippen LogP contribution is -2.42. The number of benzene rings is 1. The summed E-state index contributed by atoms with van der Waals surface area (Å²) >= 11 is 0. The largest absolute Gasteiger partial charge is 0.481 e. The zero-order chi connectivity index (χ0) is 24.0. The number of aliphatic carboxylic acids is 1. The van der Waals surface area contributed by atoms with Gasteiger partial charge in [0, 0.05) is 25.9 Å². The molecule has 0 bridgehead atoms. The van der Waals surface area contributed by atoms with Crippen molar-refractivity contribution < 1.29 is 33.8 Å². The molecule has 0 aliphatic carbocycles. The summed E-state index contributed by atoms with van der Waals surface area (Å²) < 4.78 is 10.6. The minimum absolute atomic E-state index is 0.000196. The third-order valence-corrected chi connectivity index (χ3v) is 4.21. The first kappa shape index (κ1) is 26.9. The molecule has 1 aromatic carbocycles. The van der Waals surface area contributed by atoms with Gasteiger partial charge in [-0.15, -0.1) is 0 Å². The Hall–Kier alpha value is -3.10. The Morgan fingerprint density at radius 1 is 1.00 bits per heavy atom. The van der Waals surface area contributed by atoms with Gasteiger partial charge in [-0.1, -0.05) is 36.8 Å². The maximum atomic E-state index is 12.5. The van der Waals surface area contributed by atoms with Gasteiger partial charge in [-0.2, -0.15) is 0 Å². The van der Waals surface area contributed by atoms with Gasteiger partial charge in [0.2, 0.25) is 5.91 Å². The highest BCUT2D eigenvalue weighted by Crippen LogP contribution is 2.11. The number of rotatable bonds is 13. The molecular formula is C23H34N2O7. The van der Waals surface area contributed by atoms with E-state index in [0.717, 1.165) is 10.5 Å². The average Bonchev–Trinajstić information content (AvgIpc) is 2.71. The van der Waals surface area contributed by atoms with E-state index in [1.165, 1.54) is 0 Å². The monoisotopic (exact) mass is 450 g/mol. The molecule has 0 atom stereocenters. The number of nitrogens with zero attached hydrogens (tertiary/aromatic N) is 1. The second kappa shape index (κ2) is 14.1. The third kappa shape index (κ3) is 13.3. The molecule has 2 amide bonds. The lowest BCUT2D eigenvalue weighted by molar-refractivity contribution is -0.146. The van der Waals surface area contributed by atoms with E-state index in [0.29, 0.717) is 25.8 Å². The van der Waals surface area contributed by atoms with Crippen LogP contribution in [0, 0.1) is 0 Å². The van der Waals surface area contributed by atoms with Crippen LogP contribution in [0.25, 0.3) is 0 Å². The number of carboxylic acid groups (broad SMARTS) is 1. The van der Waals surface area contributed by atoms with E-state index in [1.54, 1.807) is 20.8 Å². The van der Waals surface area contributed by atoms with Crippen molar-refractivity contribution >= 4 is 23.9 Å². The van der Waals surface area contributed by atoms with Crippen LogP contribution in [0.15, 0.2) is 30.3 Å². The van der Waals surface area contributed by atoms with Crippen LogP contribution in [0.5, 0.6) is 0 Å². The van der Waals surface area contributed by atoms with E-state index in [9.17, 15) is 19.2 Å². The fourth-order valence-electron chi connectivity index (χ4n) is 2.63. The Kier molecular flexibility index (Phi) is 11.8. The van der Waals surface area contributed by atoms with Crippen LogP contribution in [0.3, 0.4) is 0 Å². The Labute approximate surface area is 189 Å². The van der Waals surface area contributed by atoms with Gasteiger partial charge >= 0.3 is 18.0 Å². The molecule has 32 heavy (non-hydrogen) atoms. The first-order valence-corrected chi connectivity index (χ1v) is 10.7. The first-order chi connectivity index (χ1) is 15.1. The molecule has 1 aromatic rings. The van der Waals surface area contributed by atoms with Crippen LogP contribution in [-0.4, -0.2) is 59.2 Å². The van der Waals surface area contributed by atoms with Crippen LogP contribution in [0.4, 0.5) is 4.79 Å². The highest BCUT2D eigenvalue weighted by atomic mass is 16.6. The van der Waals surface area contributed by atoms with Gasteiger partial charge in [0.05, 0.1) is 0 Å². The van der Waals surface area contributed by atoms with E-state index in [4.69, 9.17) is 14.6 Å². The smallest absolute Gasteiger partial charge is 0.410 e. The predicted molar refractivity (Wildman–Crippen MR) is 118 cm³/mol.